The molecule has 1 saturated heterocycles. The smallest absolute Gasteiger partial charge is 0.225 e. The Morgan fingerprint density at radius 3 is 2.18 bits per heavy atom. The molecular weight excluding hydrogens is 278 g/mol. The van der Waals surface area contributed by atoms with Gasteiger partial charge in [-0.3, -0.25) is 9.59 Å². The molecule has 1 aliphatic rings. The largest absolute Gasteiger partial charge is 0.368 e. The Balaban J connectivity index is 1.91. The van der Waals surface area contributed by atoms with E-state index in [2.05, 4.69) is 10.2 Å². The van der Waals surface area contributed by atoms with Gasteiger partial charge in [-0.1, -0.05) is 20.8 Å². The average Bonchev–Trinajstić information content (AvgIpc) is 2.55. The van der Waals surface area contributed by atoms with Crippen molar-refractivity contribution in [3.8, 4) is 0 Å². The normalized spacial score (nSPS) is 15.1. The fourth-order valence-electron chi connectivity index (χ4n) is 2.56. The van der Waals surface area contributed by atoms with Gasteiger partial charge >= 0.3 is 0 Å². The van der Waals surface area contributed by atoms with Crippen LogP contribution in [0.25, 0.3) is 0 Å². The predicted octanol–water partition coefficient (Wildman–Crippen LogP) is 2.34. The van der Waals surface area contributed by atoms with Gasteiger partial charge in [0.25, 0.3) is 0 Å². The molecule has 1 N–H and O–H groups in total. The quantitative estimate of drug-likeness (QED) is 0.929. The van der Waals surface area contributed by atoms with E-state index < -0.39 is 0 Å². The molecule has 120 valence electrons. The van der Waals surface area contributed by atoms with E-state index in [1.54, 1.807) is 0 Å². The van der Waals surface area contributed by atoms with Crippen LogP contribution in [-0.4, -0.2) is 42.9 Å². The Labute approximate surface area is 132 Å². The zero-order valence-corrected chi connectivity index (χ0v) is 13.6. The Kier molecular flexibility index (Phi) is 5.41. The molecule has 0 bridgehead atoms. The van der Waals surface area contributed by atoms with Crippen LogP contribution in [0.15, 0.2) is 24.3 Å². The molecule has 1 aliphatic heterocycles. The summed E-state index contributed by atoms with van der Waals surface area (Å²) in [5, 5.41) is 2.85. The van der Waals surface area contributed by atoms with Crippen LogP contribution in [0.3, 0.4) is 0 Å². The van der Waals surface area contributed by atoms with Crippen LogP contribution in [0, 0.1) is 5.92 Å². The maximum absolute atomic E-state index is 12.0. The van der Waals surface area contributed by atoms with Crippen molar-refractivity contribution >= 4 is 23.2 Å². The molecule has 0 aromatic heterocycles. The van der Waals surface area contributed by atoms with Crippen LogP contribution in [0.1, 0.15) is 27.2 Å². The van der Waals surface area contributed by atoms with Gasteiger partial charge in [0, 0.05) is 49.9 Å². The molecule has 1 fully saturated rings. The summed E-state index contributed by atoms with van der Waals surface area (Å²) in [6, 6.07) is 7.89. The number of anilines is 2. The molecule has 1 heterocycles. The van der Waals surface area contributed by atoms with Gasteiger partial charge in [-0.05, 0) is 24.3 Å². The van der Waals surface area contributed by atoms with E-state index in [1.165, 1.54) is 0 Å². The van der Waals surface area contributed by atoms with Crippen LogP contribution in [0.4, 0.5) is 11.4 Å². The lowest BCUT2D eigenvalue weighted by Crippen LogP contribution is -2.49. The zero-order valence-electron chi connectivity index (χ0n) is 13.6. The summed E-state index contributed by atoms with van der Waals surface area (Å²) in [5.41, 5.74) is 1.95. The molecule has 0 aliphatic carbocycles. The van der Waals surface area contributed by atoms with E-state index in [0.717, 1.165) is 37.6 Å². The summed E-state index contributed by atoms with van der Waals surface area (Å²) in [5.74, 6) is 0.318. The van der Waals surface area contributed by atoms with Crippen molar-refractivity contribution in [1.29, 1.82) is 0 Å². The van der Waals surface area contributed by atoms with Crippen LogP contribution in [0.5, 0.6) is 0 Å². The highest BCUT2D eigenvalue weighted by Gasteiger charge is 2.22. The van der Waals surface area contributed by atoms with Gasteiger partial charge in [0.15, 0.2) is 0 Å². The zero-order chi connectivity index (χ0) is 16.1. The SMILES string of the molecule is CCC(=O)Nc1ccc(N2CCN(C(=O)C(C)C)CC2)cc1. The minimum Gasteiger partial charge on any atom is -0.368 e. The van der Waals surface area contributed by atoms with Crippen molar-refractivity contribution < 1.29 is 9.59 Å². The number of rotatable bonds is 4. The van der Waals surface area contributed by atoms with Crippen molar-refractivity contribution in [2.45, 2.75) is 27.2 Å². The van der Waals surface area contributed by atoms with Crippen molar-refractivity contribution in [2.24, 2.45) is 5.92 Å². The summed E-state index contributed by atoms with van der Waals surface area (Å²) >= 11 is 0. The van der Waals surface area contributed by atoms with E-state index >= 15 is 0 Å². The van der Waals surface area contributed by atoms with Gasteiger partial charge in [0.05, 0.1) is 0 Å². The number of benzene rings is 1. The van der Waals surface area contributed by atoms with Gasteiger partial charge < -0.3 is 15.1 Å². The second-order valence-corrected chi connectivity index (χ2v) is 5.92. The van der Waals surface area contributed by atoms with E-state index in [-0.39, 0.29) is 17.7 Å². The first kappa shape index (κ1) is 16.3. The molecule has 0 radical (unpaired) electrons. The summed E-state index contributed by atoms with van der Waals surface area (Å²) < 4.78 is 0. The van der Waals surface area contributed by atoms with Gasteiger partial charge in [-0.2, -0.15) is 0 Å². The van der Waals surface area contributed by atoms with Crippen LogP contribution >= 0.6 is 0 Å². The van der Waals surface area contributed by atoms with Crippen LogP contribution < -0.4 is 10.2 Å². The summed E-state index contributed by atoms with van der Waals surface area (Å²) in [6.45, 7) is 8.95. The average molecular weight is 303 g/mol. The molecule has 22 heavy (non-hydrogen) atoms. The monoisotopic (exact) mass is 303 g/mol. The first-order valence-corrected chi connectivity index (χ1v) is 7.95. The Morgan fingerprint density at radius 1 is 1.09 bits per heavy atom. The highest BCUT2D eigenvalue weighted by atomic mass is 16.2. The molecular formula is C17H25N3O2. The number of carbonyl (C=O) groups is 2. The molecule has 2 rings (SSSR count). The lowest BCUT2D eigenvalue weighted by Gasteiger charge is -2.37. The fraction of sp³-hybridized carbons (Fsp3) is 0.529. The Hall–Kier alpha value is -2.04. The molecule has 1 aromatic carbocycles. The molecule has 5 nitrogen and oxygen atoms in total. The molecule has 2 amide bonds. The second kappa shape index (κ2) is 7.29. The summed E-state index contributed by atoms with van der Waals surface area (Å²) in [4.78, 5) is 27.6. The van der Waals surface area contributed by atoms with Crippen LogP contribution in [-0.2, 0) is 9.59 Å². The van der Waals surface area contributed by atoms with E-state index in [1.807, 2.05) is 49.9 Å². The standard InChI is InChI=1S/C17H25N3O2/c1-4-16(21)18-14-5-7-15(8-6-14)19-9-11-20(12-10-19)17(22)13(2)3/h5-8,13H,4,9-12H2,1-3H3,(H,18,21). The summed E-state index contributed by atoms with van der Waals surface area (Å²) in [7, 11) is 0. The van der Waals surface area contributed by atoms with Crippen molar-refractivity contribution in [2.75, 3.05) is 36.4 Å². The molecule has 0 atom stereocenters. The summed E-state index contributed by atoms with van der Waals surface area (Å²) in [6.07, 6.45) is 0.480. The second-order valence-electron chi connectivity index (χ2n) is 5.92. The maximum atomic E-state index is 12.0. The van der Waals surface area contributed by atoms with Gasteiger partial charge in [0.2, 0.25) is 11.8 Å². The fourth-order valence-corrected chi connectivity index (χ4v) is 2.56. The highest BCUT2D eigenvalue weighted by molar-refractivity contribution is 5.90. The van der Waals surface area contributed by atoms with Crippen molar-refractivity contribution in [3.63, 3.8) is 0 Å². The number of amides is 2. The predicted molar refractivity (Wildman–Crippen MR) is 89.0 cm³/mol. The third kappa shape index (κ3) is 4.00. The van der Waals surface area contributed by atoms with Gasteiger partial charge in [-0.15, -0.1) is 0 Å². The number of hydrogen-bond donors (Lipinski definition) is 1. The Morgan fingerprint density at radius 2 is 1.68 bits per heavy atom. The Bertz CT molecular complexity index is 517. The third-order valence-corrected chi connectivity index (χ3v) is 3.92. The minimum atomic E-state index is 0.0218. The first-order chi connectivity index (χ1) is 10.5. The van der Waals surface area contributed by atoms with Crippen LogP contribution in [0.2, 0.25) is 0 Å². The van der Waals surface area contributed by atoms with E-state index in [0.29, 0.717) is 6.42 Å². The molecule has 0 saturated carbocycles. The number of nitrogens with one attached hydrogen (secondary N) is 1. The lowest BCUT2D eigenvalue weighted by molar-refractivity contribution is -0.134. The number of piperazine rings is 1. The third-order valence-electron chi connectivity index (χ3n) is 3.92. The topological polar surface area (TPSA) is 52.7 Å². The van der Waals surface area contributed by atoms with E-state index in [9.17, 15) is 9.59 Å². The number of nitrogens with zero attached hydrogens (tertiary/aromatic N) is 2. The maximum Gasteiger partial charge on any atom is 0.225 e. The lowest BCUT2D eigenvalue weighted by atomic mass is 10.1. The molecule has 1 aromatic rings. The molecule has 0 unspecified atom stereocenters. The first-order valence-electron chi connectivity index (χ1n) is 7.95. The highest BCUT2D eigenvalue weighted by Crippen LogP contribution is 2.20. The van der Waals surface area contributed by atoms with Crippen molar-refractivity contribution in [1.82, 2.24) is 4.90 Å². The van der Waals surface area contributed by atoms with E-state index in [4.69, 9.17) is 0 Å². The molecule has 0 spiro atoms. The van der Waals surface area contributed by atoms with Gasteiger partial charge in [0.1, 0.15) is 0 Å². The number of carbonyl (C=O) groups excluding carboxylic acids is 2. The van der Waals surface area contributed by atoms with Gasteiger partial charge in [-0.25, -0.2) is 0 Å². The number of hydrogen-bond acceptors (Lipinski definition) is 3. The van der Waals surface area contributed by atoms with Crippen molar-refractivity contribution in [3.05, 3.63) is 24.3 Å². The molecule has 5 heteroatoms. The minimum absolute atomic E-state index is 0.0218.